The van der Waals surface area contributed by atoms with Crippen molar-refractivity contribution >= 4 is 23.1 Å². The average molecular weight is 345 g/mol. The molecule has 0 aliphatic heterocycles. The summed E-state index contributed by atoms with van der Waals surface area (Å²) in [5, 5.41) is 6.05. The molecule has 5 heteroatoms. The molecule has 0 spiro atoms. The Bertz CT molecular complexity index is 923. The lowest BCUT2D eigenvalue weighted by Crippen LogP contribution is -2.22. The Kier molecular flexibility index (Phi) is 5.39. The van der Waals surface area contributed by atoms with Gasteiger partial charge >= 0.3 is 0 Å². The number of nitrogens with zero attached hydrogens (tertiary/aromatic N) is 1. The number of hydrogen-bond acceptors (Lipinski definition) is 4. The van der Waals surface area contributed by atoms with Crippen molar-refractivity contribution in [3.8, 4) is 0 Å². The molecule has 1 amide bonds. The predicted molar refractivity (Wildman–Crippen MR) is 102 cm³/mol. The van der Waals surface area contributed by atoms with Crippen LogP contribution in [0.25, 0.3) is 0 Å². The zero-order chi connectivity index (χ0) is 18.4. The molecule has 2 N–H and O–H groups in total. The van der Waals surface area contributed by atoms with Crippen LogP contribution in [0.1, 0.15) is 33.2 Å². The van der Waals surface area contributed by atoms with Crippen molar-refractivity contribution in [2.75, 3.05) is 5.32 Å². The SMILES string of the molecule is CC(=O)c1cccc(Nc2cncc(C(=O)NCc3ccccc3)c2)c1. The fourth-order valence-electron chi connectivity index (χ4n) is 2.50. The molecule has 1 heterocycles. The van der Waals surface area contributed by atoms with Crippen molar-refractivity contribution in [1.29, 1.82) is 0 Å². The molecule has 3 rings (SSSR count). The van der Waals surface area contributed by atoms with Gasteiger partial charge in [0, 0.05) is 24.0 Å². The number of aromatic nitrogens is 1. The van der Waals surface area contributed by atoms with E-state index in [1.54, 1.807) is 24.4 Å². The zero-order valence-electron chi connectivity index (χ0n) is 14.4. The van der Waals surface area contributed by atoms with E-state index < -0.39 is 0 Å². The highest BCUT2D eigenvalue weighted by molar-refractivity contribution is 5.96. The van der Waals surface area contributed by atoms with E-state index in [1.807, 2.05) is 42.5 Å². The van der Waals surface area contributed by atoms with Crippen molar-refractivity contribution in [3.05, 3.63) is 89.7 Å². The number of benzene rings is 2. The third kappa shape index (κ3) is 4.54. The summed E-state index contributed by atoms with van der Waals surface area (Å²) >= 11 is 0. The summed E-state index contributed by atoms with van der Waals surface area (Å²) in [6, 6.07) is 18.6. The van der Waals surface area contributed by atoms with Crippen LogP contribution >= 0.6 is 0 Å². The van der Waals surface area contributed by atoms with Gasteiger partial charge in [-0.25, -0.2) is 0 Å². The monoisotopic (exact) mass is 345 g/mol. The van der Waals surface area contributed by atoms with E-state index in [0.717, 1.165) is 11.3 Å². The van der Waals surface area contributed by atoms with Gasteiger partial charge in [-0.05, 0) is 30.7 Å². The minimum Gasteiger partial charge on any atom is -0.354 e. The third-order valence-corrected chi connectivity index (χ3v) is 3.85. The van der Waals surface area contributed by atoms with Crippen LogP contribution in [0.15, 0.2) is 73.1 Å². The molecule has 130 valence electrons. The van der Waals surface area contributed by atoms with Crippen LogP contribution in [-0.2, 0) is 6.54 Å². The van der Waals surface area contributed by atoms with E-state index in [9.17, 15) is 9.59 Å². The van der Waals surface area contributed by atoms with Crippen LogP contribution in [0.2, 0.25) is 0 Å². The first-order chi connectivity index (χ1) is 12.6. The second kappa shape index (κ2) is 8.07. The van der Waals surface area contributed by atoms with Gasteiger partial charge < -0.3 is 10.6 Å². The molecule has 5 nitrogen and oxygen atoms in total. The van der Waals surface area contributed by atoms with Gasteiger partial charge in [-0.1, -0.05) is 42.5 Å². The molecule has 26 heavy (non-hydrogen) atoms. The lowest BCUT2D eigenvalue weighted by molar-refractivity contribution is 0.0949. The standard InChI is InChI=1S/C21H19N3O2/c1-15(25)17-8-5-9-19(10-17)24-20-11-18(13-22-14-20)21(26)23-12-16-6-3-2-4-7-16/h2-11,13-14,24H,12H2,1H3,(H,23,26). The number of anilines is 2. The fourth-order valence-corrected chi connectivity index (χ4v) is 2.50. The van der Waals surface area contributed by atoms with Crippen molar-refractivity contribution in [2.24, 2.45) is 0 Å². The lowest BCUT2D eigenvalue weighted by atomic mass is 10.1. The Labute approximate surface area is 152 Å². The third-order valence-electron chi connectivity index (χ3n) is 3.85. The van der Waals surface area contributed by atoms with Crippen molar-refractivity contribution in [1.82, 2.24) is 10.3 Å². The summed E-state index contributed by atoms with van der Waals surface area (Å²) in [6.07, 6.45) is 3.16. The summed E-state index contributed by atoms with van der Waals surface area (Å²) in [5.74, 6) is -0.191. The number of hydrogen-bond donors (Lipinski definition) is 2. The van der Waals surface area contributed by atoms with E-state index in [0.29, 0.717) is 23.4 Å². The molecule has 1 aromatic heterocycles. The number of Topliss-reactive ketones (excluding diaryl/α,β-unsaturated/α-hetero) is 1. The van der Waals surface area contributed by atoms with Gasteiger partial charge in [0.15, 0.2) is 5.78 Å². The Morgan fingerprint density at radius 1 is 0.885 bits per heavy atom. The quantitative estimate of drug-likeness (QED) is 0.664. The topological polar surface area (TPSA) is 71.1 Å². The molecule has 3 aromatic rings. The highest BCUT2D eigenvalue weighted by Gasteiger charge is 2.08. The summed E-state index contributed by atoms with van der Waals surface area (Å²) in [5.41, 5.74) is 3.57. The number of nitrogens with one attached hydrogen (secondary N) is 2. The highest BCUT2D eigenvalue weighted by atomic mass is 16.1. The van der Waals surface area contributed by atoms with E-state index in [4.69, 9.17) is 0 Å². The first kappa shape index (κ1) is 17.4. The minimum absolute atomic E-state index is 0.000755. The Hall–Kier alpha value is -3.47. The zero-order valence-corrected chi connectivity index (χ0v) is 14.4. The lowest BCUT2D eigenvalue weighted by Gasteiger charge is -2.09. The number of rotatable bonds is 6. The van der Waals surface area contributed by atoms with Gasteiger partial charge in [-0.2, -0.15) is 0 Å². The number of ketones is 1. The van der Waals surface area contributed by atoms with Crippen molar-refractivity contribution in [3.63, 3.8) is 0 Å². The summed E-state index contributed by atoms with van der Waals surface area (Å²) in [7, 11) is 0. The summed E-state index contributed by atoms with van der Waals surface area (Å²) in [4.78, 5) is 28.0. The fraction of sp³-hybridized carbons (Fsp3) is 0.0952. The van der Waals surface area contributed by atoms with E-state index in [1.165, 1.54) is 13.1 Å². The van der Waals surface area contributed by atoms with E-state index in [-0.39, 0.29) is 11.7 Å². The molecule has 0 unspecified atom stereocenters. The summed E-state index contributed by atoms with van der Waals surface area (Å²) < 4.78 is 0. The van der Waals surface area contributed by atoms with Crippen LogP contribution in [0.3, 0.4) is 0 Å². The molecule has 0 fully saturated rings. The maximum absolute atomic E-state index is 12.3. The van der Waals surface area contributed by atoms with E-state index in [2.05, 4.69) is 15.6 Å². The maximum Gasteiger partial charge on any atom is 0.253 e. The van der Waals surface area contributed by atoms with Crippen molar-refractivity contribution < 1.29 is 9.59 Å². The molecule has 0 atom stereocenters. The number of carbonyl (C=O) groups excluding carboxylic acids is 2. The van der Waals surface area contributed by atoms with Gasteiger partial charge in [0.05, 0.1) is 17.4 Å². The van der Waals surface area contributed by atoms with Crippen LogP contribution < -0.4 is 10.6 Å². The predicted octanol–water partition coefficient (Wildman–Crippen LogP) is 3.96. The van der Waals surface area contributed by atoms with Crippen LogP contribution in [0.4, 0.5) is 11.4 Å². The number of pyridine rings is 1. The Balaban J connectivity index is 1.68. The van der Waals surface area contributed by atoms with Gasteiger partial charge in [0.2, 0.25) is 0 Å². The average Bonchev–Trinajstić information content (AvgIpc) is 2.67. The molecule has 0 saturated carbocycles. The van der Waals surface area contributed by atoms with Crippen LogP contribution in [0, 0.1) is 0 Å². The molecule has 0 saturated heterocycles. The number of amides is 1. The first-order valence-corrected chi connectivity index (χ1v) is 8.27. The van der Waals surface area contributed by atoms with Gasteiger partial charge in [0.25, 0.3) is 5.91 Å². The molecule has 0 aliphatic carbocycles. The molecular formula is C21H19N3O2. The molecule has 0 bridgehead atoms. The largest absolute Gasteiger partial charge is 0.354 e. The second-order valence-corrected chi connectivity index (χ2v) is 5.89. The smallest absolute Gasteiger partial charge is 0.253 e. The van der Waals surface area contributed by atoms with E-state index >= 15 is 0 Å². The maximum atomic E-state index is 12.3. The Morgan fingerprint density at radius 3 is 2.42 bits per heavy atom. The normalized spacial score (nSPS) is 10.2. The molecule has 0 aliphatic rings. The highest BCUT2D eigenvalue weighted by Crippen LogP contribution is 2.18. The van der Waals surface area contributed by atoms with Crippen LogP contribution in [-0.4, -0.2) is 16.7 Å². The Morgan fingerprint density at radius 2 is 1.65 bits per heavy atom. The van der Waals surface area contributed by atoms with Crippen LogP contribution in [0.5, 0.6) is 0 Å². The van der Waals surface area contributed by atoms with Gasteiger partial charge in [0.1, 0.15) is 0 Å². The minimum atomic E-state index is -0.192. The second-order valence-electron chi connectivity index (χ2n) is 5.89. The number of carbonyl (C=O) groups is 2. The van der Waals surface area contributed by atoms with Gasteiger partial charge in [-0.15, -0.1) is 0 Å². The van der Waals surface area contributed by atoms with Gasteiger partial charge in [-0.3, -0.25) is 14.6 Å². The summed E-state index contributed by atoms with van der Waals surface area (Å²) in [6.45, 7) is 1.98. The molecular weight excluding hydrogens is 326 g/mol. The molecule has 2 aromatic carbocycles. The molecule has 0 radical (unpaired) electrons. The first-order valence-electron chi connectivity index (χ1n) is 8.27. The van der Waals surface area contributed by atoms with Crippen molar-refractivity contribution in [2.45, 2.75) is 13.5 Å².